The van der Waals surface area contributed by atoms with Crippen LogP contribution in [0.3, 0.4) is 0 Å². The number of nitrogens with one attached hydrogen (secondary N) is 1. The van der Waals surface area contributed by atoms with Crippen molar-refractivity contribution in [2.45, 2.75) is 12.5 Å². The molecule has 1 amide bonds. The first-order valence-electron chi connectivity index (χ1n) is 5.64. The van der Waals surface area contributed by atoms with E-state index >= 15 is 0 Å². The molecule has 1 aromatic rings. The fraction of sp³-hybridized carbons (Fsp3) is 0.417. The Hall–Kier alpha value is -1.27. The van der Waals surface area contributed by atoms with Gasteiger partial charge in [-0.05, 0) is 25.6 Å². The molecule has 1 fully saturated rings. The summed E-state index contributed by atoms with van der Waals surface area (Å²) in [7, 11) is 1.79. The summed E-state index contributed by atoms with van der Waals surface area (Å²) in [6.07, 6.45) is 0.786. The largest absolute Gasteiger partial charge is 0.337 e. The second kappa shape index (κ2) is 6.25. The Bertz CT molecular complexity index is 461. The van der Waals surface area contributed by atoms with E-state index in [1.807, 2.05) is 0 Å². The van der Waals surface area contributed by atoms with Gasteiger partial charge in [0.1, 0.15) is 0 Å². The van der Waals surface area contributed by atoms with Gasteiger partial charge in [0.2, 0.25) is 0 Å². The fourth-order valence-corrected chi connectivity index (χ4v) is 2.04. The van der Waals surface area contributed by atoms with Gasteiger partial charge in [-0.25, -0.2) is 13.2 Å². The molecule has 0 aliphatic carbocycles. The van der Waals surface area contributed by atoms with E-state index < -0.39 is 23.4 Å². The van der Waals surface area contributed by atoms with Gasteiger partial charge in [0.25, 0.3) is 5.91 Å². The number of carbonyl (C=O) groups is 1. The Labute approximate surface area is 115 Å². The van der Waals surface area contributed by atoms with Gasteiger partial charge >= 0.3 is 0 Å². The van der Waals surface area contributed by atoms with Gasteiger partial charge < -0.3 is 10.2 Å². The molecule has 1 atom stereocenters. The lowest BCUT2D eigenvalue weighted by Crippen LogP contribution is -2.33. The van der Waals surface area contributed by atoms with Crippen LogP contribution >= 0.6 is 12.4 Å². The highest BCUT2D eigenvalue weighted by Crippen LogP contribution is 2.18. The number of nitrogens with zero attached hydrogens (tertiary/aromatic N) is 1. The Morgan fingerprint density at radius 1 is 1.32 bits per heavy atom. The third-order valence-corrected chi connectivity index (χ3v) is 3.11. The molecule has 3 nitrogen and oxygen atoms in total. The van der Waals surface area contributed by atoms with Crippen LogP contribution in [0.4, 0.5) is 13.2 Å². The maximum atomic E-state index is 13.0. The van der Waals surface area contributed by atoms with Gasteiger partial charge in [-0.3, -0.25) is 4.79 Å². The van der Waals surface area contributed by atoms with Crippen molar-refractivity contribution in [3.05, 3.63) is 35.1 Å². The van der Waals surface area contributed by atoms with Gasteiger partial charge in [0.05, 0.1) is 0 Å². The number of hydrogen-bond donors (Lipinski definition) is 1. The molecule has 0 radical (unpaired) electrons. The first-order valence-corrected chi connectivity index (χ1v) is 5.64. The molecule has 1 aromatic carbocycles. The normalized spacial score (nSPS) is 18.3. The lowest BCUT2D eigenvalue weighted by atomic mass is 10.2. The van der Waals surface area contributed by atoms with Crippen molar-refractivity contribution in [3.63, 3.8) is 0 Å². The summed E-state index contributed by atoms with van der Waals surface area (Å²) in [5, 5.41) is 3.03. The topological polar surface area (TPSA) is 32.3 Å². The zero-order valence-corrected chi connectivity index (χ0v) is 11.1. The Morgan fingerprint density at radius 2 is 1.89 bits per heavy atom. The number of likely N-dealkylation sites (tertiary alicyclic amines) is 1. The van der Waals surface area contributed by atoms with E-state index in [0.29, 0.717) is 13.1 Å². The second-order valence-corrected chi connectivity index (χ2v) is 4.28. The molecular formula is C12H14ClF3N2O. The third kappa shape index (κ3) is 3.19. The molecule has 7 heteroatoms. The SMILES string of the molecule is CNC1CCN(C(=O)c2cc(F)c(F)c(F)c2)C1.Cl. The number of rotatable bonds is 2. The second-order valence-electron chi connectivity index (χ2n) is 4.28. The quantitative estimate of drug-likeness (QED) is 0.846. The maximum absolute atomic E-state index is 13.0. The van der Waals surface area contributed by atoms with Crippen LogP contribution in [0.2, 0.25) is 0 Å². The van der Waals surface area contributed by atoms with Gasteiger partial charge in [0.15, 0.2) is 17.5 Å². The highest BCUT2D eigenvalue weighted by atomic mass is 35.5. The predicted molar refractivity (Wildman–Crippen MR) is 66.9 cm³/mol. The highest BCUT2D eigenvalue weighted by Gasteiger charge is 2.27. The minimum absolute atomic E-state index is 0. The number of carbonyl (C=O) groups excluding carboxylic acids is 1. The lowest BCUT2D eigenvalue weighted by molar-refractivity contribution is 0.0788. The van der Waals surface area contributed by atoms with E-state index in [2.05, 4.69) is 5.32 Å². The molecule has 1 heterocycles. The summed E-state index contributed by atoms with van der Waals surface area (Å²) in [6.45, 7) is 1.00. The average molecular weight is 295 g/mol. The number of benzene rings is 1. The van der Waals surface area contributed by atoms with Gasteiger partial charge in [0, 0.05) is 24.7 Å². The minimum Gasteiger partial charge on any atom is -0.337 e. The van der Waals surface area contributed by atoms with Crippen LogP contribution in [0.15, 0.2) is 12.1 Å². The van der Waals surface area contributed by atoms with Crippen LogP contribution in [0.1, 0.15) is 16.8 Å². The zero-order valence-electron chi connectivity index (χ0n) is 10.3. The molecule has 19 heavy (non-hydrogen) atoms. The molecule has 1 N–H and O–H groups in total. The van der Waals surface area contributed by atoms with E-state index in [0.717, 1.165) is 18.6 Å². The van der Waals surface area contributed by atoms with Crippen molar-refractivity contribution in [3.8, 4) is 0 Å². The lowest BCUT2D eigenvalue weighted by Gasteiger charge is -2.16. The van der Waals surface area contributed by atoms with E-state index in [9.17, 15) is 18.0 Å². The van der Waals surface area contributed by atoms with Crippen molar-refractivity contribution in [2.75, 3.05) is 20.1 Å². The monoisotopic (exact) mass is 294 g/mol. The fourth-order valence-electron chi connectivity index (χ4n) is 2.04. The molecule has 0 bridgehead atoms. The molecule has 0 spiro atoms. The number of likely N-dealkylation sites (N-methyl/N-ethyl adjacent to an activating group) is 1. The number of halogens is 4. The Morgan fingerprint density at radius 3 is 2.37 bits per heavy atom. The van der Waals surface area contributed by atoms with Crippen molar-refractivity contribution < 1.29 is 18.0 Å². The van der Waals surface area contributed by atoms with E-state index in [1.54, 1.807) is 7.05 Å². The third-order valence-electron chi connectivity index (χ3n) is 3.11. The maximum Gasteiger partial charge on any atom is 0.254 e. The minimum atomic E-state index is -1.55. The summed E-state index contributed by atoms with van der Waals surface area (Å²) < 4.78 is 38.8. The van der Waals surface area contributed by atoms with Crippen LogP contribution < -0.4 is 5.32 Å². The summed E-state index contributed by atoms with van der Waals surface area (Å²) in [5.41, 5.74) is -0.164. The molecular weight excluding hydrogens is 281 g/mol. The molecule has 1 saturated heterocycles. The van der Waals surface area contributed by atoms with E-state index in [-0.39, 0.29) is 24.0 Å². The average Bonchev–Trinajstić information content (AvgIpc) is 2.83. The van der Waals surface area contributed by atoms with Crippen molar-refractivity contribution in [2.24, 2.45) is 0 Å². The van der Waals surface area contributed by atoms with E-state index in [4.69, 9.17) is 0 Å². The van der Waals surface area contributed by atoms with Gasteiger partial charge in [-0.2, -0.15) is 0 Å². The Balaban J connectivity index is 0.00000180. The number of hydrogen-bond acceptors (Lipinski definition) is 2. The molecule has 2 rings (SSSR count). The highest BCUT2D eigenvalue weighted by molar-refractivity contribution is 5.94. The van der Waals surface area contributed by atoms with Crippen molar-refractivity contribution >= 4 is 18.3 Å². The van der Waals surface area contributed by atoms with Crippen LogP contribution in [-0.2, 0) is 0 Å². The van der Waals surface area contributed by atoms with Crippen molar-refractivity contribution in [1.82, 2.24) is 10.2 Å². The van der Waals surface area contributed by atoms with Crippen LogP contribution in [-0.4, -0.2) is 37.0 Å². The zero-order chi connectivity index (χ0) is 13.3. The molecule has 1 aliphatic heterocycles. The molecule has 106 valence electrons. The number of amides is 1. The van der Waals surface area contributed by atoms with Gasteiger partial charge in [-0.15, -0.1) is 12.4 Å². The summed E-state index contributed by atoms with van der Waals surface area (Å²) in [6, 6.07) is 1.64. The first-order chi connectivity index (χ1) is 8.52. The molecule has 1 aliphatic rings. The predicted octanol–water partition coefficient (Wildman–Crippen LogP) is 1.96. The summed E-state index contributed by atoms with van der Waals surface area (Å²) in [5.74, 6) is -4.72. The first kappa shape index (κ1) is 15.8. The van der Waals surface area contributed by atoms with Gasteiger partial charge in [-0.1, -0.05) is 0 Å². The molecule has 0 saturated carbocycles. The molecule has 0 aromatic heterocycles. The van der Waals surface area contributed by atoms with Crippen molar-refractivity contribution in [1.29, 1.82) is 0 Å². The van der Waals surface area contributed by atoms with Crippen LogP contribution in [0, 0.1) is 17.5 Å². The summed E-state index contributed by atoms with van der Waals surface area (Å²) in [4.78, 5) is 13.5. The Kier molecular flexibility index (Phi) is 5.20. The molecule has 1 unspecified atom stereocenters. The summed E-state index contributed by atoms with van der Waals surface area (Å²) >= 11 is 0. The standard InChI is InChI=1S/C12H13F3N2O.ClH/c1-16-8-2-3-17(6-8)12(18)7-4-9(13)11(15)10(14)5-7;/h4-5,8,16H,2-3,6H2,1H3;1H. The van der Waals surface area contributed by atoms with Crippen LogP contribution in [0.5, 0.6) is 0 Å². The van der Waals surface area contributed by atoms with E-state index in [1.165, 1.54) is 4.90 Å². The van der Waals surface area contributed by atoms with Crippen LogP contribution in [0.25, 0.3) is 0 Å². The smallest absolute Gasteiger partial charge is 0.254 e.